The van der Waals surface area contributed by atoms with Crippen LogP contribution in [0.2, 0.25) is 0 Å². The Morgan fingerprint density at radius 2 is 1.87 bits per heavy atom. The highest BCUT2D eigenvalue weighted by atomic mass is 14.8. The molecule has 0 aliphatic heterocycles. The second-order valence-corrected chi connectivity index (χ2v) is 4.93. The molecular weight excluding hydrogens is 184 g/mol. The molecule has 0 saturated heterocycles. The minimum absolute atomic E-state index is 0.620. The Morgan fingerprint density at radius 1 is 1.20 bits per heavy atom. The smallest absolute Gasteiger partial charge is 0.123 e. The van der Waals surface area contributed by atoms with Crippen molar-refractivity contribution < 1.29 is 0 Å². The minimum atomic E-state index is 0.620. The summed E-state index contributed by atoms with van der Waals surface area (Å²) in [7, 11) is 0. The Balaban J connectivity index is 2.23. The predicted molar refractivity (Wildman–Crippen MR) is 63.6 cm³/mol. The van der Waals surface area contributed by atoms with E-state index in [1.807, 2.05) is 12.3 Å². The molecule has 2 rings (SSSR count). The van der Waals surface area contributed by atoms with Gasteiger partial charge in [-0.1, -0.05) is 39.2 Å². The van der Waals surface area contributed by atoms with Crippen molar-refractivity contribution in [3.8, 4) is 0 Å². The van der Waals surface area contributed by atoms with E-state index in [4.69, 9.17) is 5.73 Å². The van der Waals surface area contributed by atoms with Crippen LogP contribution >= 0.6 is 0 Å². The molecule has 0 bridgehead atoms. The van der Waals surface area contributed by atoms with E-state index in [2.05, 4.69) is 24.9 Å². The molecule has 2 heteroatoms. The summed E-state index contributed by atoms with van der Waals surface area (Å²) >= 11 is 0. The van der Waals surface area contributed by atoms with Crippen LogP contribution in [0.25, 0.3) is 0 Å². The molecule has 0 spiro atoms. The Kier molecular flexibility index (Phi) is 2.94. The summed E-state index contributed by atoms with van der Waals surface area (Å²) in [6, 6.07) is 4.06. The molecule has 1 aromatic heterocycles. The first-order valence-corrected chi connectivity index (χ1v) is 5.90. The van der Waals surface area contributed by atoms with Gasteiger partial charge in [0.05, 0.1) is 0 Å². The summed E-state index contributed by atoms with van der Waals surface area (Å²) in [5, 5.41) is 0. The lowest BCUT2D eigenvalue weighted by molar-refractivity contribution is 0.248. The average Bonchev–Trinajstić information content (AvgIpc) is 2.20. The first-order chi connectivity index (χ1) is 7.18. The van der Waals surface area contributed by atoms with E-state index in [1.54, 1.807) is 0 Å². The van der Waals surface area contributed by atoms with Crippen molar-refractivity contribution in [1.82, 2.24) is 4.98 Å². The van der Waals surface area contributed by atoms with Gasteiger partial charge in [-0.25, -0.2) is 4.98 Å². The lowest BCUT2D eigenvalue weighted by Crippen LogP contribution is -2.22. The molecule has 2 atom stereocenters. The van der Waals surface area contributed by atoms with Crippen LogP contribution in [-0.4, -0.2) is 4.98 Å². The lowest BCUT2D eigenvalue weighted by Gasteiger charge is -2.34. The van der Waals surface area contributed by atoms with E-state index in [1.165, 1.54) is 24.8 Å². The van der Waals surface area contributed by atoms with Crippen LogP contribution in [0.4, 0.5) is 5.82 Å². The van der Waals surface area contributed by atoms with Gasteiger partial charge in [-0.05, 0) is 29.4 Å². The third-order valence-electron chi connectivity index (χ3n) is 3.74. The summed E-state index contributed by atoms with van der Waals surface area (Å²) in [4.78, 5) is 4.20. The number of aromatic nitrogens is 1. The van der Waals surface area contributed by atoms with Gasteiger partial charge < -0.3 is 5.73 Å². The van der Waals surface area contributed by atoms with E-state index in [9.17, 15) is 0 Å². The molecule has 2 nitrogen and oxygen atoms in total. The van der Waals surface area contributed by atoms with Crippen LogP contribution < -0.4 is 5.73 Å². The van der Waals surface area contributed by atoms with Crippen molar-refractivity contribution in [1.29, 1.82) is 0 Å². The molecule has 1 aliphatic carbocycles. The second kappa shape index (κ2) is 4.21. The first-order valence-electron chi connectivity index (χ1n) is 5.90. The molecule has 0 amide bonds. The van der Waals surface area contributed by atoms with E-state index < -0.39 is 0 Å². The Labute approximate surface area is 91.9 Å². The van der Waals surface area contributed by atoms with Gasteiger partial charge in [-0.3, -0.25) is 0 Å². The van der Waals surface area contributed by atoms with E-state index in [-0.39, 0.29) is 0 Å². The normalized spacial score (nSPS) is 27.9. The van der Waals surface area contributed by atoms with Crippen LogP contribution in [0.1, 0.15) is 44.6 Å². The molecule has 0 unspecified atom stereocenters. The van der Waals surface area contributed by atoms with Crippen LogP contribution in [0.15, 0.2) is 18.3 Å². The van der Waals surface area contributed by atoms with Crippen molar-refractivity contribution in [3.05, 3.63) is 23.9 Å². The fourth-order valence-corrected chi connectivity index (χ4v) is 2.95. The van der Waals surface area contributed by atoms with Gasteiger partial charge in [0, 0.05) is 6.20 Å². The zero-order chi connectivity index (χ0) is 10.8. The second-order valence-electron chi connectivity index (χ2n) is 4.93. The van der Waals surface area contributed by atoms with Gasteiger partial charge in [0.2, 0.25) is 0 Å². The van der Waals surface area contributed by atoms with Crippen molar-refractivity contribution in [2.45, 2.75) is 39.0 Å². The number of nitrogens with two attached hydrogens (primary N) is 1. The summed E-state index contributed by atoms with van der Waals surface area (Å²) in [6.45, 7) is 4.72. The SMILES string of the molecule is C[C@@H]1CCC[C@@H](C)C1c1ccc(N)nc1. The maximum Gasteiger partial charge on any atom is 0.123 e. The topological polar surface area (TPSA) is 38.9 Å². The van der Waals surface area contributed by atoms with E-state index in [0.29, 0.717) is 11.7 Å². The van der Waals surface area contributed by atoms with Gasteiger partial charge in [-0.2, -0.15) is 0 Å². The Morgan fingerprint density at radius 3 is 2.40 bits per heavy atom. The number of rotatable bonds is 1. The highest BCUT2D eigenvalue weighted by Crippen LogP contribution is 2.41. The number of nitrogen functional groups attached to an aromatic ring is 1. The van der Waals surface area contributed by atoms with E-state index in [0.717, 1.165) is 11.8 Å². The fourth-order valence-electron chi connectivity index (χ4n) is 2.95. The van der Waals surface area contributed by atoms with E-state index >= 15 is 0 Å². The van der Waals surface area contributed by atoms with Crippen molar-refractivity contribution in [2.24, 2.45) is 11.8 Å². The zero-order valence-electron chi connectivity index (χ0n) is 9.61. The number of hydrogen-bond donors (Lipinski definition) is 1. The maximum atomic E-state index is 5.61. The number of pyridine rings is 1. The van der Waals surface area contributed by atoms with Crippen molar-refractivity contribution in [3.63, 3.8) is 0 Å². The number of nitrogens with zero attached hydrogens (tertiary/aromatic N) is 1. The fraction of sp³-hybridized carbons (Fsp3) is 0.615. The third kappa shape index (κ3) is 2.14. The molecule has 1 aliphatic rings. The number of hydrogen-bond acceptors (Lipinski definition) is 2. The van der Waals surface area contributed by atoms with Crippen LogP contribution in [0.5, 0.6) is 0 Å². The predicted octanol–water partition coefficient (Wildman–Crippen LogP) is 3.20. The molecule has 1 saturated carbocycles. The average molecular weight is 204 g/mol. The van der Waals surface area contributed by atoms with Crippen molar-refractivity contribution >= 4 is 5.82 Å². The highest BCUT2D eigenvalue weighted by molar-refractivity contribution is 5.31. The third-order valence-corrected chi connectivity index (χ3v) is 3.74. The summed E-state index contributed by atoms with van der Waals surface area (Å²) in [5.41, 5.74) is 6.98. The Bertz CT molecular complexity index is 308. The molecule has 0 aromatic carbocycles. The van der Waals surface area contributed by atoms with Crippen LogP contribution in [0, 0.1) is 11.8 Å². The molecule has 1 aromatic rings. The van der Waals surface area contributed by atoms with Gasteiger partial charge >= 0.3 is 0 Å². The van der Waals surface area contributed by atoms with Crippen LogP contribution in [-0.2, 0) is 0 Å². The highest BCUT2D eigenvalue weighted by Gasteiger charge is 2.28. The summed E-state index contributed by atoms with van der Waals surface area (Å²) in [6.07, 6.45) is 6.03. The van der Waals surface area contributed by atoms with Gasteiger partial charge in [-0.15, -0.1) is 0 Å². The number of anilines is 1. The Hall–Kier alpha value is -1.05. The lowest BCUT2D eigenvalue weighted by atomic mass is 9.71. The van der Waals surface area contributed by atoms with Gasteiger partial charge in [0.15, 0.2) is 0 Å². The quantitative estimate of drug-likeness (QED) is 0.763. The molecule has 15 heavy (non-hydrogen) atoms. The molecule has 82 valence electrons. The van der Waals surface area contributed by atoms with Crippen molar-refractivity contribution in [2.75, 3.05) is 5.73 Å². The molecule has 1 heterocycles. The molecule has 1 fully saturated rings. The molecule has 0 radical (unpaired) electrons. The molecular formula is C13H20N2. The standard InChI is InChI=1S/C13H20N2/c1-9-4-3-5-10(2)13(9)11-6-7-12(14)15-8-11/h6-10,13H,3-5H2,1-2H3,(H2,14,15)/t9-,10-/m1/s1. The van der Waals surface area contributed by atoms with Gasteiger partial charge in [0.1, 0.15) is 5.82 Å². The maximum absolute atomic E-state index is 5.61. The largest absolute Gasteiger partial charge is 0.384 e. The monoisotopic (exact) mass is 204 g/mol. The molecule has 2 N–H and O–H groups in total. The summed E-state index contributed by atoms with van der Waals surface area (Å²) in [5.74, 6) is 2.85. The zero-order valence-corrected chi connectivity index (χ0v) is 9.61. The summed E-state index contributed by atoms with van der Waals surface area (Å²) < 4.78 is 0. The van der Waals surface area contributed by atoms with Gasteiger partial charge in [0.25, 0.3) is 0 Å². The minimum Gasteiger partial charge on any atom is -0.384 e. The van der Waals surface area contributed by atoms with Crippen LogP contribution in [0.3, 0.4) is 0 Å². The first kappa shape index (κ1) is 10.5.